The SMILES string of the molecule is CC(=O)N1C(O)(O)C(O)(O)N(C2CCN(C(=O)N(C)C(C)c3c(O)c(CF)c(O)c(C(F)(F)F)c3O)C(c3c(C)c(O)c(F)c(O)c3O)C2)C(O)(O)C1(O)O. The number of piperidine rings is 1. The van der Waals surface area contributed by atoms with Gasteiger partial charge in [0.2, 0.25) is 11.7 Å². The van der Waals surface area contributed by atoms with Gasteiger partial charge in [0.15, 0.2) is 17.2 Å². The lowest BCUT2D eigenvalue weighted by atomic mass is 9.86. The highest BCUT2D eigenvalue weighted by Crippen LogP contribution is 2.54. The third-order valence-electron chi connectivity index (χ3n) is 9.96. The maximum Gasteiger partial charge on any atom is 0.423 e. The van der Waals surface area contributed by atoms with Crippen LogP contribution in [0.25, 0.3) is 0 Å². The number of rotatable bonds is 5. The standard InChI is InChI=1S/C30H37F5N4O16/c1-9-15(23(45)24(46)18(32)19(9)41)14-7-12(39-29(52,53)27(48,49)38(11(3)40)28(50,51)30(39,54)55)5-6-37(14)25(47)36(4)10(2)16-20(42)13(8-31)21(43)17(22(16)44)26(33,34)35/h10,12,14,41-46,48-55H,5-8H2,1-4H3. The van der Waals surface area contributed by atoms with Crippen molar-refractivity contribution in [3.63, 3.8) is 0 Å². The maximum atomic E-state index is 14.6. The van der Waals surface area contributed by atoms with Gasteiger partial charge in [0.1, 0.15) is 29.5 Å². The molecule has 2 aromatic carbocycles. The Morgan fingerprint density at radius 1 is 0.836 bits per heavy atom. The fourth-order valence-electron chi connectivity index (χ4n) is 7.05. The second-order valence-corrected chi connectivity index (χ2v) is 13.1. The highest BCUT2D eigenvalue weighted by molar-refractivity contribution is 5.77. The van der Waals surface area contributed by atoms with E-state index in [1.54, 1.807) is 0 Å². The molecule has 0 spiro atoms. The molecule has 0 aromatic heterocycles. The van der Waals surface area contributed by atoms with Crippen molar-refractivity contribution < 1.29 is 103 Å². The number of aromatic hydroxyl groups is 6. The molecule has 308 valence electrons. The molecule has 2 saturated heterocycles. The highest BCUT2D eigenvalue weighted by Gasteiger charge is 2.79. The summed E-state index contributed by atoms with van der Waals surface area (Å²) in [5, 5.41) is 149. The van der Waals surface area contributed by atoms with E-state index < -0.39 is 164 Å². The Hall–Kier alpha value is -4.73. The van der Waals surface area contributed by atoms with E-state index in [1.165, 1.54) is 0 Å². The minimum atomic E-state index is -5.54. The molecule has 0 saturated carbocycles. The molecule has 2 aliphatic rings. The number of alkyl halides is 4. The third-order valence-corrected chi connectivity index (χ3v) is 9.96. The summed E-state index contributed by atoms with van der Waals surface area (Å²) in [6.07, 6.45) is -7.47. The van der Waals surface area contributed by atoms with Gasteiger partial charge in [-0.25, -0.2) is 14.1 Å². The molecule has 2 aliphatic heterocycles. The second kappa shape index (κ2) is 13.5. The predicted octanol–water partition coefficient (Wildman–Crippen LogP) is -1.11. The number of piperazine rings is 1. The molecule has 4 rings (SSSR count). The van der Waals surface area contributed by atoms with Crippen LogP contribution in [-0.2, 0) is 17.6 Å². The summed E-state index contributed by atoms with van der Waals surface area (Å²) in [6.45, 7) is -0.522. The largest absolute Gasteiger partial charge is 0.507 e. The summed E-state index contributed by atoms with van der Waals surface area (Å²) < 4.78 is 70.0. The molecule has 0 bridgehead atoms. The van der Waals surface area contributed by atoms with Gasteiger partial charge in [0, 0.05) is 37.7 Å². The van der Waals surface area contributed by atoms with Crippen molar-refractivity contribution in [1.82, 2.24) is 19.6 Å². The van der Waals surface area contributed by atoms with Crippen molar-refractivity contribution >= 4 is 11.9 Å². The molecular weight excluding hydrogens is 767 g/mol. The van der Waals surface area contributed by atoms with Crippen LogP contribution in [0.15, 0.2) is 0 Å². The average Bonchev–Trinajstić information content (AvgIpc) is 3.04. The van der Waals surface area contributed by atoms with Gasteiger partial charge < -0.3 is 81.3 Å². The Balaban J connectivity index is 1.91. The molecule has 3 atom stereocenters. The summed E-state index contributed by atoms with van der Waals surface area (Å²) in [4.78, 5) is 26.0. The van der Waals surface area contributed by atoms with E-state index in [2.05, 4.69) is 0 Å². The minimum absolute atomic E-state index is 0.417. The summed E-state index contributed by atoms with van der Waals surface area (Å²) in [5.41, 5.74) is -6.08. The number of likely N-dealkylation sites (tertiary alicyclic amines) is 1. The van der Waals surface area contributed by atoms with Crippen molar-refractivity contribution in [3.05, 3.63) is 33.6 Å². The van der Waals surface area contributed by atoms with Crippen LogP contribution in [-0.4, -0.2) is 146 Å². The monoisotopic (exact) mass is 804 g/mol. The minimum Gasteiger partial charge on any atom is -0.507 e. The number of aliphatic hydroxyl groups is 8. The fraction of sp³-hybridized carbons (Fsp3) is 0.533. The van der Waals surface area contributed by atoms with Crippen LogP contribution in [0.4, 0.5) is 26.7 Å². The van der Waals surface area contributed by atoms with Crippen molar-refractivity contribution in [2.75, 3.05) is 13.6 Å². The number of halogens is 5. The van der Waals surface area contributed by atoms with Crippen LogP contribution in [0, 0.1) is 12.7 Å². The maximum absolute atomic E-state index is 14.6. The number of amides is 3. The molecule has 14 N–H and O–H groups in total. The lowest BCUT2D eigenvalue weighted by Gasteiger charge is -2.62. The molecule has 2 fully saturated rings. The zero-order chi connectivity index (χ0) is 42.5. The highest BCUT2D eigenvalue weighted by atomic mass is 19.4. The molecule has 2 aromatic rings. The van der Waals surface area contributed by atoms with E-state index in [-0.39, 0.29) is 0 Å². The van der Waals surface area contributed by atoms with E-state index in [9.17, 15) is 103 Å². The first-order chi connectivity index (χ1) is 24.9. The number of hydrogen-bond donors (Lipinski definition) is 14. The van der Waals surface area contributed by atoms with Crippen molar-refractivity contribution in [1.29, 1.82) is 0 Å². The number of benzene rings is 2. The first kappa shape index (κ1) is 43.0. The lowest BCUT2D eigenvalue weighted by Crippen LogP contribution is -2.92. The van der Waals surface area contributed by atoms with E-state index in [4.69, 9.17) is 0 Å². The zero-order valence-corrected chi connectivity index (χ0v) is 28.8. The number of nitrogens with zero attached hydrogens (tertiary/aromatic N) is 4. The molecular formula is C30H37F5N4O16. The van der Waals surface area contributed by atoms with Gasteiger partial charge in [0.05, 0.1) is 23.2 Å². The number of hydrogen-bond acceptors (Lipinski definition) is 17. The van der Waals surface area contributed by atoms with Crippen LogP contribution in [0.2, 0.25) is 0 Å². The second-order valence-electron chi connectivity index (χ2n) is 13.1. The van der Waals surface area contributed by atoms with Gasteiger partial charge in [0.25, 0.3) is 0 Å². The van der Waals surface area contributed by atoms with Gasteiger partial charge >= 0.3 is 35.9 Å². The van der Waals surface area contributed by atoms with Crippen LogP contribution < -0.4 is 0 Å². The zero-order valence-electron chi connectivity index (χ0n) is 28.8. The average molecular weight is 805 g/mol. The normalized spacial score (nSPS) is 22.7. The van der Waals surface area contributed by atoms with Crippen LogP contribution >= 0.6 is 0 Å². The fourth-order valence-corrected chi connectivity index (χ4v) is 7.05. The first-order valence-corrected chi connectivity index (χ1v) is 15.6. The van der Waals surface area contributed by atoms with E-state index in [1.807, 2.05) is 0 Å². The number of urea groups is 1. The lowest BCUT2D eigenvalue weighted by molar-refractivity contribution is -0.604. The van der Waals surface area contributed by atoms with Gasteiger partial charge in [-0.3, -0.25) is 4.79 Å². The third kappa shape index (κ3) is 6.11. The van der Waals surface area contributed by atoms with Crippen LogP contribution in [0.1, 0.15) is 66.6 Å². The summed E-state index contributed by atoms with van der Waals surface area (Å²) in [5.74, 6) is -31.0. The molecule has 0 radical (unpaired) electrons. The predicted molar refractivity (Wildman–Crippen MR) is 164 cm³/mol. The Labute approximate surface area is 304 Å². The molecule has 55 heavy (non-hydrogen) atoms. The number of phenolic OH excluding ortho intramolecular Hbond substituents is 6. The van der Waals surface area contributed by atoms with Crippen molar-refractivity contribution in [3.8, 4) is 34.5 Å². The smallest absolute Gasteiger partial charge is 0.423 e. The molecule has 0 aliphatic carbocycles. The Morgan fingerprint density at radius 3 is 1.80 bits per heavy atom. The Bertz CT molecular complexity index is 1850. The Morgan fingerprint density at radius 2 is 1.35 bits per heavy atom. The number of carbonyl (C=O) groups excluding carboxylic acids is 2. The van der Waals surface area contributed by atoms with E-state index in [0.29, 0.717) is 16.7 Å². The van der Waals surface area contributed by atoms with Crippen LogP contribution in [0.5, 0.6) is 34.5 Å². The van der Waals surface area contributed by atoms with E-state index >= 15 is 0 Å². The number of phenols is 6. The molecule has 20 nitrogen and oxygen atoms in total. The van der Waals surface area contributed by atoms with Gasteiger partial charge in [-0.15, -0.1) is 0 Å². The van der Waals surface area contributed by atoms with Crippen molar-refractivity contribution in [2.24, 2.45) is 0 Å². The summed E-state index contributed by atoms with van der Waals surface area (Å²) in [6, 6.07) is -7.37. The molecule has 3 unspecified atom stereocenters. The van der Waals surface area contributed by atoms with Gasteiger partial charge in [-0.2, -0.15) is 22.5 Å². The topological polar surface area (TPSA) is 330 Å². The summed E-state index contributed by atoms with van der Waals surface area (Å²) in [7, 11) is 0.855. The number of carbonyl (C=O) groups is 2. The summed E-state index contributed by atoms with van der Waals surface area (Å²) >= 11 is 0. The van der Waals surface area contributed by atoms with Gasteiger partial charge in [-0.1, -0.05) is 0 Å². The van der Waals surface area contributed by atoms with Crippen LogP contribution in [0.3, 0.4) is 0 Å². The van der Waals surface area contributed by atoms with Crippen molar-refractivity contribution in [2.45, 2.75) is 88.2 Å². The molecule has 2 heterocycles. The van der Waals surface area contributed by atoms with Gasteiger partial charge in [-0.05, 0) is 26.7 Å². The quantitative estimate of drug-likeness (QED) is 0.0738. The molecule has 3 amide bonds. The molecule has 25 heteroatoms. The first-order valence-electron chi connectivity index (χ1n) is 15.6. The van der Waals surface area contributed by atoms with E-state index in [0.717, 1.165) is 20.9 Å². The Kier molecular flexibility index (Phi) is 10.5.